The lowest BCUT2D eigenvalue weighted by atomic mass is 10.2. The number of halogens is 1. The van der Waals surface area contributed by atoms with E-state index in [-0.39, 0.29) is 0 Å². The van der Waals surface area contributed by atoms with Crippen LogP contribution in [-0.4, -0.2) is 12.6 Å². The van der Waals surface area contributed by atoms with Crippen molar-refractivity contribution >= 4 is 21.6 Å². The maximum atomic E-state index is 5.65. The van der Waals surface area contributed by atoms with Crippen molar-refractivity contribution in [3.05, 3.63) is 22.7 Å². The maximum Gasteiger partial charge on any atom is 0.156 e. The Morgan fingerprint density at radius 1 is 1.62 bits per heavy atom. The van der Waals surface area contributed by atoms with Crippen molar-refractivity contribution in [2.45, 2.75) is 19.4 Å². The van der Waals surface area contributed by atoms with Gasteiger partial charge in [-0.25, -0.2) is 0 Å². The Morgan fingerprint density at radius 2 is 2.46 bits per heavy atom. The number of fused-ring (bicyclic) bond motifs is 1. The van der Waals surface area contributed by atoms with Crippen LogP contribution in [0.3, 0.4) is 0 Å². The first-order valence-electron chi connectivity index (χ1n) is 4.49. The predicted molar refractivity (Wildman–Crippen MR) is 57.3 cm³/mol. The lowest BCUT2D eigenvalue weighted by Gasteiger charge is -2.27. The quantitative estimate of drug-likeness (QED) is 0.817. The molecule has 1 aromatic carbocycles. The zero-order valence-corrected chi connectivity index (χ0v) is 9.10. The van der Waals surface area contributed by atoms with Gasteiger partial charge in [0.2, 0.25) is 0 Å². The summed E-state index contributed by atoms with van der Waals surface area (Å²) in [5.41, 5.74) is 1.09. The summed E-state index contributed by atoms with van der Waals surface area (Å²) in [7, 11) is 0. The summed E-state index contributed by atoms with van der Waals surface area (Å²) in [5, 5.41) is 3.43. The smallest absolute Gasteiger partial charge is 0.156 e. The van der Waals surface area contributed by atoms with Crippen LogP contribution in [0.15, 0.2) is 22.7 Å². The summed E-state index contributed by atoms with van der Waals surface area (Å²) < 4.78 is 6.67. The van der Waals surface area contributed by atoms with Gasteiger partial charge >= 0.3 is 0 Å². The maximum absolute atomic E-state index is 5.65. The molecule has 0 fully saturated rings. The van der Waals surface area contributed by atoms with Gasteiger partial charge in [0.1, 0.15) is 6.61 Å². The van der Waals surface area contributed by atoms with Crippen molar-refractivity contribution in [1.82, 2.24) is 0 Å². The van der Waals surface area contributed by atoms with E-state index in [9.17, 15) is 0 Å². The van der Waals surface area contributed by atoms with Gasteiger partial charge in [0, 0.05) is 0 Å². The van der Waals surface area contributed by atoms with Crippen LogP contribution in [0, 0.1) is 0 Å². The molecule has 1 aliphatic heterocycles. The van der Waals surface area contributed by atoms with Crippen LogP contribution >= 0.6 is 15.9 Å². The first-order chi connectivity index (χ1) is 6.31. The molecule has 1 N–H and O–H groups in total. The van der Waals surface area contributed by atoms with Crippen molar-refractivity contribution in [2.75, 3.05) is 11.9 Å². The highest BCUT2D eigenvalue weighted by atomic mass is 79.9. The summed E-state index contributed by atoms with van der Waals surface area (Å²) in [6.45, 7) is 2.91. The third-order valence-corrected chi connectivity index (χ3v) is 2.87. The molecule has 1 heterocycles. The van der Waals surface area contributed by atoms with E-state index in [1.165, 1.54) is 0 Å². The second-order valence-corrected chi connectivity index (χ2v) is 4.03. The van der Waals surface area contributed by atoms with E-state index >= 15 is 0 Å². The fourth-order valence-corrected chi connectivity index (χ4v) is 1.92. The number of para-hydroxylation sites is 1. The van der Waals surface area contributed by atoms with E-state index in [2.05, 4.69) is 28.2 Å². The monoisotopic (exact) mass is 241 g/mol. The van der Waals surface area contributed by atoms with E-state index in [0.717, 1.165) is 28.9 Å². The molecule has 70 valence electrons. The summed E-state index contributed by atoms with van der Waals surface area (Å²) in [6.07, 6.45) is 1.09. The van der Waals surface area contributed by atoms with Crippen LogP contribution in [0.4, 0.5) is 5.69 Å². The fraction of sp³-hybridized carbons (Fsp3) is 0.400. The highest BCUT2D eigenvalue weighted by Crippen LogP contribution is 2.36. The molecule has 0 saturated heterocycles. The number of benzene rings is 1. The predicted octanol–water partition coefficient (Wildman–Crippen LogP) is 3.03. The molecule has 1 aromatic rings. The van der Waals surface area contributed by atoms with Crippen LogP contribution in [0.1, 0.15) is 13.3 Å². The summed E-state index contributed by atoms with van der Waals surface area (Å²) in [5.74, 6) is 0.937. The van der Waals surface area contributed by atoms with Crippen LogP contribution < -0.4 is 10.1 Å². The Kier molecular flexibility index (Phi) is 2.44. The molecule has 0 bridgehead atoms. The third kappa shape index (κ3) is 1.66. The van der Waals surface area contributed by atoms with Gasteiger partial charge < -0.3 is 10.1 Å². The highest BCUT2D eigenvalue weighted by molar-refractivity contribution is 9.10. The summed E-state index contributed by atoms with van der Waals surface area (Å²) in [6, 6.07) is 6.49. The van der Waals surface area contributed by atoms with E-state index in [0.29, 0.717) is 6.04 Å². The molecule has 0 spiro atoms. The zero-order chi connectivity index (χ0) is 9.26. The van der Waals surface area contributed by atoms with Crippen molar-refractivity contribution < 1.29 is 4.74 Å². The average molecular weight is 242 g/mol. The molecule has 1 aliphatic rings. The topological polar surface area (TPSA) is 21.3 Å². The fourth-order valence-electron chi connectivity index (χ4n) is 1.43. The van der Waals surface area contributed by atoms with Crippen LogP contribution in [-0.2, 0) is 0 Å². The Labute approximate surface area is 86.4 Å². The van der Waals surface area contributed by atoms with Crippen molar-refractivity contribution in [3.63, 3.8) is 0 Å². The number of nitrogens with one attached hydrogen (secondary N) is 1. The van der Waals surface area contributed by atoms with Gasteiger partial charge in [-0.1, -0.05) is 13.0 Å². The van der Waals surface area contributed by atoms with Gasteiger partial charge in [0.05, 0.1) is 16.2 Å². The molecular weight excluding hydrogens is 230 g/mol. The second-order valence-electron chi connectivity index (χ2n) is 3.18. The molecule has 0 saturated carbocycles. The van der Waals surface area contributed by atoms with Crippen LogP contribution in [0.2, 0.25) is 0 Å². The van der Waals surface area contributed by atoms with Gasteiger partial charge in [0.15, 0.2) is 5.75 Å². The summed E-state index contributed by atoms with van der Waals surface area (Å²) >= 11 is 3.46. The van der Waals surface area contributed by atoms with E-state index in [1.807, 2.05) is 18.2 Å². The largest absolute Gasteiger partial charge is 0.488 e. The minimum absolute atomic E-state index is 0.446. The Hall–Kier alpha value is -0.700. The minimum Gasteiger partial charge on any atom is -0.488 e. The van der Waals surface area contributed by atoms with Crippen molar-refractivity contribution in [3.8, 4) is 5.75 Å². The lowest BCUT2D eigenvalue weighted by Crippen LogP contribution is -2.30. The average Bonchev–Trinajstić information content (AvgIpc) is 2.18. The number of anilines is 1. The Bertz CT molecular complexity index is 314. The lowest BCUT2D eigenvalue weighted by molar-refractivity contribution is 0.280. The molecule has 0 amide bonds. The number of hydrogen-bond donors (Lipinski definition) is 1. The second kappa shape index (κ2) is 3.58. The van der Waals surface area contributed by atoms with E-state index in [4.69, 9.17) is 4.74 Å². The molecule has 0 radical (unpaired) electrons. The highest BCUT2D eigenvalue weighted by Gasteiger charge is 2.18. The van der Waals surface area contributed by atoms with Gasteiger partial charge in [0.25, 0.3) is 0 Å². The Balaban J connectivity index is 2.31. The van der Waals surface area contributed by atoms with Crippen molar-refractivity contribution in [2.24, 2.45) is 0 Å². The number of ether oxygens (including phenoxy) is 1. The van der Waals surface area contributed by atoms with Gasteiger partial charge in [-0.15, -0.1) is 0 Å². The van der Waals surface area contributed by atoms with E-state index < -0.39 is 0 Å². The number of rotatable bonds is 1. The first-order valence-corrected chi connectivity index (χ1v) is 5.28. The first kappa shape index (κ1) is 8.88. The zero-order valence-electron chi connectivity index (χ0n) is 7.51. The van der Waals surface area contributed by atoms with Crippen LogP contribution in [0.25, 0.3) is 0 Å². The SMILES string of the molecule is CCC1COc2c(Br)cccc2N1. The van der Waals surface area contributed by atoms with Gasteiger partial charge in [-0.05, 0) is 34.5 Å². The third-order valence-electron chi connectivity index (χ3n) is 2.25. The standard InChI is InChI=1S/C10H12BrNO/c1-2-7-6-13-10-8(11)4-3-5-9(10)12-7/h3-5,7,12H,2,6H2,1H3. The molecule has 0 aliphatic carbocycles. The molecule has 13 heavy (non-hydrogen) atoms. The molecule has 0 aromatic heterocycles. The van der Waals surface area contributed by atoms with Gasteiger partial charge in [-0.3, -0.25) is 0 Å². The van der Waals surface area contributed by atoms with Crippen molar-refractivity contribution in [1.29, 1.82) is 0 Å². The molecule has 3 heteroatoms. The van der Waals surface area contributed by atoms with E-state index in [1.54, 1.807) is 0 Å². The molecule has 2 nitrogen and oxygen atoms in total. The normalized spacial score (nSPS) is 20.0. The molecular formula is C10H12BrNO. The Morgan fingerprint density at radius 3 is 3.23 bits per heavy atom. The molecule has 1 unspecified atom stereocenters. The molecule has 1 atom stereocenters. The minimum atomic E-state index is 0.446. The number of hydrogen-bond acceptors (Lipinski definition) is 2. The molecule has 2 rings (SSSR count). The van der Waals surface area contributed by atoms with Crippen LogP contribution in [0.5, 0.6) is 5.75 Å². The summed E-state index contributed by atoms with van der Waals surface area (Å²) in [4.78, 5) is 0. The van der Waals surface area contributed by atoms with Gasteiger partial charge in [-0.2, -0.15) is 0 Å².